The van der Waals surface area contributed by atoms with E-state index in [4.69, 9.17) is 0 Å². The third kappa shape index (κ3) is 5.33. The second-order valence-corrected chi connectivity index (χ2v) is 6.23. The predicted molar refractivity (Wildman–Crippen MR) is 97.7 cm³/mol. The van der Waals surface area contributed by atoms with Gasteiger partial charge in [-0.15, -0.1) is 0 Å². The average Bonchev–Trinajstić information content (AvgIpc) is 2.64. The molecular weight excluding hydrogens is 314 g/mol. The summed E-state index contributed by atoms with van der Waals surface area (Å²) in [6.07, 6.45) is -0.551. The fourth-order valence-corrected chi connectivity index (χ4v) is 2.31. The van der Waals surface area contributed by atoms with Crippen LogP contribution in [0.1, 0.15) is 25.0 Å². The van der Waals surface area contributed by atoms with Crippen molar-refractivity contribution < 1.29 is 9.90 Å². The van der Waals surface area contributed by atoms with Crippen LogP contribution in [-0.4, -0.2) is 23.8 Å². The van der Waals surface area contributed by atoms with E-state index >= 15 is 0 Å². The van der Waals surface area contributed by atoms with Gasteiger partial charge in [-0.05, 0) is 28.7 Å². The number of aliphatic hydroxyl groups excluding tert-OH is 1. The first-order chi connectivity index (χ1) is 12.0. The zero-order valence-electron chi connectivity index (χ0n) is 14.5. The Bertz CT molecular complexity index is 748. The van der Waals surface area contributed by atoms with E-state index in [-0.39, 0.29) is 18.5 Å². The number of carbonyl (C=O) groups excluding carboxylic acids is 1. The molecule has 2 aromatic carbocycles. The highest BCUT2D eigenvalue weighted by atomic mass is 16.3. The summed E-state index contributed by atoms with van der Waals surface area (Å²) in [5.41, 5.74) is 3.45. The minimum Gasteiger partial charge on any atom is -0.391 e. The number of urea groups is 1. The van der Waals surface area contributed by atoms with Gasteiger partial charge in [0.1, 0.15) is 0 Å². The molecule has 0 heterocycles. The van der Waals surface area contributed by atoms with Gasteiger partial charge in [0.25, 0.3) is 0 Å². The van der Waals surface area contributed by atoms with Crippen LogP contribution >= 0.6 is 0 Å². The van der Waals surface area contributed by atoms with Gasteiger partial charge in [0.15, 0.2) is 0 Å². The maximum Gasteiger partial charge on any atom is 0.315 e. The molecule has 0 aliphatic rings. The van der Waals surface area contributed by atoms with Crippen LogP contribution < -0.4 is 10.6 Å². The zero-order chi connectivity index (χ0) is 18.2. The van der Waals surface area contributed by atoms with Crippen molar-refractivity contribution in [2.24, 2.45) is 5.92 Å². The number of rotatable bonds is 6. The van der Waals surface area contributed by atoms with E-state index in [1.54, 1.807) is 6.07 Å². The highest BCUT2D eigenvalue weighted by Crippen LogP contribution is 2.23. The van der Waals surface area contributed by atoms with Gasteiger partial charge in [-0.25, -0.2) is 4.79 Å². The molecule has 5 nitrogen and oxygen atoms in total. The van der Waals surface area contributed by atoms with Crippen LogP contribution in [0.2, 0.25) is 0 Å². The van der Waals surface area contributed by atoms with Crippen molar-refractivity contribution >= 4 is 6.03 Å². The van der Waals surface area contributed by atoms with Crippen molar-refractivity contribution in [3.05, 3.63) is 59.7 Å². The molecule has 1 atom stereocenters. The fourth-order valence-electron chi connectivity index (χ4n) is 2.31. The lowest BCUT2D eigenvalue weighted by Gasteiger charge is -2.15. The van der Waals surface area contributed by atoms with Crippen molar-refractivity contribution in [2.45, 2.75) is 26.5 Å². The molecule has 0 saturated carbocycles. The van der Waals surface area contributed by atoms with Gasteiger partial charge < -0.3 is 15.7 Å². The van der Waals surface area contributed by atoms with E-state index in [2.05, 4.69) is 16.7 Å². The number of hydrogen-bond donors (Lipinski definition) is 3. The number of carbonyl (C=O) groups is 1. The van der Waals surface area contributed by atoms with Gasteiger partial charge in [-0.3, -0.25) is 0 Å². The third-order valence-corrected chi connectivity index (χ3v) is 4.01. The minimum atomic E-state index is -0.551. The fraction of sp³-hybridized carbons (Fsp3) is 0.300. The van der Waals surface area contributed by atoms with Crippen LogP contribution in [0.4, 0.5) is 4.79 Å². The summed E-state index contributed by atoms with van der Waals surface area (Å²) >= 11 is 0. The van der Waals surface area contributed by atoms with Gasteiger partial charge in [-0.2, -0.15) is 5.26 Å². The van der Waals surface area contributed by atoms with Crippen LogP contribution in [0.15, 0.2) is 48.5 Å². The largest absolute Gasteiger partial charge is 0.391 e. The van der Waals surface area contributed by atoms with E-state index in [0.29, 0.717) is 12.1 Å². The first-order valence-electron chi connectivity index (χ1n) is 8.29. The lowest BCUT2D eigenvalue weighted by molar-refractivity contribution is 0.125. The summed E-state index contributed by atoms with van der Waals surface area (Å²) in [5, 5.41) is 24.3. The van der Waals surface area contributed by atoms with E-state index in [1.165, 1.54) is 0 Å². The van der Waals surface area contributed by atoms with E-state index in [0.717, 1.165) is 16.7 Å². The Kier molecular flexibility index (Phi) is 6.55. The molecule has 0 aliphatic carbocycles. The third-order valence-electron chi connectivity index (χ3n) is 4.01. The molecule has 0 bridgehead atoms. The molecule has 1 unspecified atom stereocenters. The molecule has 3 N–H and O–H groups in total. The van der Waals surface area contributed by atoms with Crippen LogP contribution in [0, 0.1) is 17.2 Å². The number of aliphatic hydroxyl groups is 1. The Morgan fingerprint density at radius 3 is 2.44 bits per heavy atom. The molecule has 0 spiro atoms. The highest BCUT2D eigenvalue weighted by Gasteiger charge is 2.10. The van der Waals surface area contributed by atoms with Crippen LogP contribution in [-0.2, 0) is 6.54 Å². The molecular formula is C20H23N3O2. The SMILES string of the molecule is CC(C)C(O)CNC(=O)NCc1ccc(-c2ccccc2C#N)cc1. The molecule has 130 valence electrons. The lowest BCUT2D eigenvalue weighted by Crippen LogP contribution is -2.40. The van der Waals surface area contributed by atoms with E-state index in [9.17, 15) is 15.2 Å². The second-order valence-electron chi connectivity index (χ2n) is 6.23. The summed E-state index contributed by atoms with van der Waals surface area (Å²) in [6.45, 7) is 4.42. The Morgan fingerprint density at radius 2 is 1.80 bits per heavy atom. The second kappa shape index (κ2) is 8.86. The normalized spacial score (nSPS) is 11.6. The Balaban J connectivity index is 1.91. The van der Waals surface area contributed by atoms with Crippen molar-refractivity contribution in [1.82, 2.24) is 10.6 Å². The Labute approximate surface area is 148 Å². The molecule has 0 radical (unpaired) electrons. The summed E-state index contributed by atoms with van der Waals surface area (Å²) in [5.74, 6) is 0.101. The van der Waals surface area contributed by atoms with Crippen LogP contribution in [0.5, 0.6) is 0 Å². The number of nitrogens with one attached hydrogen (secondary N) is 2. The van der Waals surface area contributed by atoms with Crippen molar-refractivity contribution in [3.8, 4) is 17.2 Å². The van der Waals surface area contributed by atoms with E-state index < -0.39 is 6.10 Å². The highest BCUT2D eigenvalue weighted by molar-refractivity contribution is 5.74. The number of benzene rings is 2. The lowest BCUT2D eigenvalue weighted by atomic mass is 9.99. The first kappa shape index (κ1) is 18.5. The van der Waals surface area contributed by atoms with Crippen LogP contribution in [0.25, 0.3) is 11.1 Å². The number of hydrogen-bond acceptors (Lipinski definition) is 3. The summed E-state index contributed by atoms with van der Waals surface area (Å²) < 4.78 is 0. The summed E-state index contributed by atoms with van der Waals surface area (Å²) in [4.78, 5) is 11.7. The molecule has 25 heavy (non-hydrogen) atoms. The number of nitrogens with zero attached hydrogens (tertiary/aromatic N) is 1. The molecule has 2 amide bonds. The smallest absolute Gasteiger partial charge is 0.315 e. The molecule has 5 heteroatoms. The summed E-state index contributed by atoms with van der Waals surface area (Å²) in [7, 11) is 0. The maximum absolute atomic E-state index is 11.7. The van der Waals surface area contributed by atoms with Gasteiger partial charge in [0.05, 0.1) is 17.7 Å². The van der Waals surface area contributed by atoms with Gasteiger partial charge in [0, 0.05) is 13.1 Å². The standard InChI is InChI=1S/C20H23N3O2/c1-14(2)19(24)13-23-20(25)22-12-15-7-9-16(10-8-15)18-6-4-3-5-17(18)11-21/h3-10,14,19,24H,12-13H2,1-2H3,(H2,22,23,25). The topological polar surface area (TPSA) is 85.2 Å². The van der Waals surface area contributed by atoms with Crippen molar-refractivity contribution in [1.29, 1.82) is 5.26 Å². The maximum atomic E-state index is 11.7. The number of nitriles is 1. The van der Waals surface area contributed by atoms with Gasteiger partial charge in [-0.1, -0.05) is 56.3 Å². The predicted octanol–water partition coefficient (Wildman–Crippen LogP) is 3.04. The molecule has 2 aromatic rings. The average molecular weight is 337 g/mol. The first-order valence-corrected chi connectivity index (χ1v) is 8.29. The Hall–Kier alpha value is -2.84. The minimum absolute atomic E-state index is 0.101. The quantitative estimate of drug-likeness (QED) is 0.757. The molecule has 0 saturated heterocycles. The molecule has 0 fully saturated rings. The zero-order valence-corrected chi connectivity index (χ0v) is 14.5. The Morgan fingerprint density at radius 1 is 1.12 bits per heavy atom. The van der Waals surface area contributed by atoms with Crippen molar-refractivity contribution in [2.75, 3.05) is 6.54 Å². The van der Waals surface area contributed by atoms with Gasteiger partial charge in [0.2, 0.25) is 0 Å². The molecule has 0 aliphatic heterocycles. The molecule has 2 rings (SSSR count). The molecule has 0 aromatic heterocycles. The van der Waals surface area contributed by atoms with E-state index in [1.807, 2.05) is 56.3 Å². The monoisotopic (exact) mass is 337 g/mol. The summed E-state index contributed by atoms with van der Waals surface area (Å²) in [6, 6.07) is 17.1. The van der Waals surface area contributed by atoms with Crippen LogP contribution in [0.3, 0.4) is 0 Å². The number of amides is 2. The van der Waals surface area contributed by atoms with Crippen molar-refractivity contribution in [3.63, 3.8) is 0 Å². The van der Waals surface area contributed by atoms with Gasteiger partial charge >= 0.3 is 6.03 Å².